The van der Waals surface area contributed by atoms with E-state index < -0.39 is 0 Å². The second-order valence-corrected chi connectivity index (χ2v) is 3.46. The van der Waals surface area contributed by atoms with Crippen LogP contribution in [0, 0.1) is 5.41 Å². The Hall–Kier alpha value is -0.530. The third-order valence-corrected chi connectivity index (χ3v) is 2.37. The van der Waals surface area contributed by atoms with Gasteiger partial charge < -0.3 is 5.21 Å². The third kappa shape index (κ3) is 1.72. The summed E-state index contributed by atoms with van der Waals surface area (Å²) in [5.41, 5.74) is 0.188. The first kappa shape index (κ1) is 7.58. The van der Waals surface area contributed by atoms with Crippen LogP contribution in [-0.2, 0) is 0 Å². The number of rotatable bonds is 1. The summed E-state index contributed by atoms with van der Waals surface area (Å²) in [6, 6.07) is 0. The SMILES string of the molecule is CC1(/C=N/O)CCCCC1. The monoisotopic (exact) mass is 141 g/mol. The summed E-state index contributed by atoms with van der Waals surface area (Å²) in [4.78, 5) is 0. The van der Waals surface area contributed by atoms with E-state index in [1.54, 1.807) is 6.21 Å². The molecular weight excluding hydrogens is 126 g/mol. The Morgan fingerprint density at radius 1 is 1.30 bits per heavy atom. The fraction of sp³-hybridized carbons (Fsp3) is 0.875. The summed E-state index contributed by atoms with van der Waals surface area (Å²) in [7, 11) is 0. The van der Waals surface area contributed by atoms with Crippen molar-refractivity contribution < 1.29 is 5.21 Å². The van der Waals surface area contributed by atoms with Crippen molar-refractivity contribution in [3.8, 4) is 0 Å². The molecule has 2 nitrogen and oxygen atoms in total. The first-order valence-corrected chi connectivity index (χ1v) is 3.95. The van der Waals surface area contributed by atoms with Crippen LogP contribution in [0.1, 0.15) is 39.0 Å². The Morgan fingerprint density at radius 2 is 1.90 bits per heavy atom. The fourth-order valence-corrected chi connectivity index (χ4v) is 1.63. The predicted octanol–water partition coefficient (Wildman–Crippen LogP) is 2.42. The molecule has 0 aromatic rings. The normalized spacial score (nSPS) is 25.3. The molecule has 1 aliphatic rings. The van der Waals surface area contributed by atoms with Gasteiger partial charge in [0, 0.05) is 11.6 Å². The highest BCUT2D eigenvalue weighted by Gasteiger charge is 2.24. The van der Waals surface area contributed by atoms with Crippen molar-refractivity contribution in [2.45, 2.75) is 39.0 Å². The molecule has 1 saturated carbocycles. The Bertz CT molecular complexity index is 125. The number of nitrogens with zero attached hydrogens (tertiary/aromatic N) is 1. The summed E-state index contributed by atoms with van der Waals surface area (Å²) in [6.07, 6.45) is 7.94. The highest BCUT2D eigenvalue weighted by atomic mass is 16.4. The van der Waals surface area contributed by atoms with E-state index in [0.717, 1.165) is 0 Å². The zero-order chi connectivity index (χ0) is 7.45. The Labute approximate surface area is 61.9 Å². The van der Waals surface area contributed by atoms with Crippen LogP contribution < -0.4 is 0 Å². The zero-order valence-electron chi connectivity index (χ0n) is 6.51. The van der Waals surface area contributed by atoms with E-state index in [4.69, 9.17) is 5.21 Å². The number of hydrogen-bond donors (Lipinski definition) is 1. The first-order chi connectivity index (χ1) is 4.77. The van der Waals surface area contributed by atoms with Crippen LogP contribution in [0.15, 0.2) is 5.16 Å². The largest absolute Gasteiger partial charge is 0.411 e. The molecule has 1 rings (SSSR count). The molecule has 0 aromatic heterocycles. The molecule has 0 spiro atoms. The maximum atomic E-state index is 8.35. The third-order valence-electron chi connectivity index (χ3n) is 2.37. The molecule has 0 radical (unpaired) electrons. The molecule has 0 bridgehead atoms. The first-order valence-electron chi connectivity index (χ1n) is 3.95. The minimum absolute atomic E-state index is 0.188. The molecule has 0 atom stereocenters. The lowest BCUT2D eigenvalue weighted by molar-refractivity contribution is 0.284. The molecule has 1 N–H and O–H groups in total. The fourth-order valence-electron chi connectivity index (χ4n) is 1.63. The Morgan fingerprint density at radius 3 is 2.40 bits per heavy atom. The van der Waals surface area contributed by atoms with E-state index in [1.807, 2.05) is 0 Å². The van der Waals surface area contributed by atoms with Gasteiger partial charge in [0.05, 0.1) is 0 Å². The van der Waals surface area contributed by atoms with E-state index in [9.17, 15) is 0 Å². The predicted molar refractivity (Wildman–Crippen MR) is 41.5 cm³/mol. The average molecular weight is 141 g/mol. The average Bonchev–Trinajstić information content (AvgIpc) is 1.89. The van der Waals surface area contributed by atoms with Gasteiger partial charge in [-0.15, -0.1) is 5.16 Å². The van der Waals surface area contributed by atoms with Crippen LogP contribution in [0.4, 0.5) is 0 Å². The lowest BCUT2D eigenvalue weighted by Crippen LogP contribution is -2.21. The van der Waals surface area contributed by atoms with Gasteiger partial charge in [0.25, 0.3) is 0 Å². The zero-order valence-corrected chi connectivity index (χ0v) is 6.51. The van der Waals surface area contributed by atoms with Crippen LogP contribution in [0.2, 0.25) is 0 Å². The van der Waals surface area contributed by atoms with Crippen LogP contribution >= 0.6 is 0 Å². The summed E-state index contributed by atoms with van der Waals surface area (Å²) < 4.78 is 0. The standard InChI is InChI=1S/C8H15NO/c1-8(7-9-10)5-3-2-4-6-8/h7,10H,2-6H2,1H3/b9-7+. The van der Waals surface area contributed by atoms with Crippen molar-refractivity contribution >= 4 is 6.21 Å². The summed E-state index contributed by atoms with van der Waals surface area (Å²) in [5.74, 6) is 0. The highest BCUT2D eigenvalue weighted by Crippen LogP contribution is 2.33. The molecule has 0 unspecified atom stereocenters. The second-order valence-electron chi connectivity index (χ2n) is 3.46. The minimum atomic E-state index is 0.188. The molecule has 0 saturated heterocycles. The van der Waals surface area contributed by atoms with E-state index >= 15 is 0 Å². The lowest BCUT2D eigenvalue weighted by atomic mass is 9.77. The van der Waals surface area contributed by atoms with Crippen molar-refractivity contribution in [1.82, 2.24) is 0 Å². The molecule has 0 heterocycles. The molecule has 0 amide bonds. The van der Waals surface area contributed by atoms with E-state index in [-0.39, 0.29) is 5.41 Å². The molecule has 58 valence electrons. The van der Waals surface area contributed by atoms with Crippen LogP contribution in [0.3, 0.4) is 0 Å². The maximum Gasteiger partial charge on any atom is 0.0494 e. The molecule has 1 fully saturated rings. The van der Waals surface area contributed by atoms with Crippen LogP contribution in [0.5, 0.6) is 0 Å². The summed E-state index contributed by atoms with van der Waals surface area (Å²) in [5, 5.41) is 11.5. The van der Waals surface area contributed by atoms with Gasteiger partial charge in [-0.05, 0) is 12.8 Å². The van der Waals surface area contributed by atoms with Gasteiger partial charge in [-0.1, -0.05) is 26.2 Å². The molecule has 2 heteroatoms. The summed E-state index contributed by atoms with van der Waals surface area (Å²) in [6.45, 7) is 2.16. The Balaban J connectivity index is 2.48. The Kier molecular flexibility index (Phi) is 2.30. The van der Waals surface area contributed by atoms with E-state index in [0.29, 0.717) is 0 Å². The van der Waals surface area contributed by atoms with Crippen LogP contribution in [0.25, 0.3) is 0 Å². The maximum absolute atomic E-state index is 8.35. The van der Waals surface area contributed by atoms with Gasteiger partial charge in [0.2, 0.25) is 0 Å². The van der Waals surface area contributed by atoms with Gasteiger partial charge in [-0.25, -0.2) is 0 Å². The molecule has 1 aliphatic carbocycles. The van der Waals surface area contributed by atoms with Gasteiger partial charge in [0.1, 0.15) is 0 Å². The van der Waals surface area contributed by atoms with Crippen molar-refractivity contribution in [3.63, 3.8) is 0 Å². The van der Waals surface area contributed by atoms with Gasteiger partial charge in [-0.3, -0.25) is 0 Å². The molecule has 10 heavy (non-hydrogen) atoms. The van der Waals surface area contributed by atoms with Crippen LogP contribution in [-0.4, -0.2) is 11.4 Å². The highest BCUT2D eigenvalue weighted by molar-refractivity contribution is 5.64. The van der Waals surface area contributed by atoms with Crippen molar-refractivity contribution in [3.05, 3.63) is 0 Å². The molecular formula is C8H15NO. The lowest BCUT2D eigenvalue weighted by Gasteiger charge is -2.28. The van der Waals surface area contributed by atoms with Gasteiger partial charge in [-0.2, -0.15) is 0 Å². The quantitative estimate of drug-likeness (QED) is 0.339. The van der Waals surface area contributed by atoms with Gasteiger partial charge >= 0.3 is 0 Å². The van der Waals surface area contributed by atoms with Crippen molar-refractivity contribution in [2.75, 3.05) is 0 Å². The smallest absolute Gasteiger partial charge is 0.0494 e. The van der Waals surface area contributed by atoms with E-state index in [2.05, 4.69) is 12.1 Å². The van der Waals surface area contributed by atoms with Gasteiger partial charge in [0.15, 0.2) is 0 Å². The van der Waals surface area contributed by atoms with E-state index in [1.165, 1.54) is 32.1 Å². The second kappa shape index (κ2) is 3.04. The van der Waals surface area contributed by atoms with Crippen molar-refractivity contribution in [2.24, 2.45) is 10.6 Å². The number of hydrogen-bond acceptors (Lipinski definition) is 2. The topological polar surface area (TPSA) is 32.6 Å². The molecule has 0 aliphatic heterocycles. The van der Waals surface area contributed by atoms with Crippen molar-refractivity contribution in [1.29, 1.82) is 0 Å². The summed E-state index contributed by atoms with van der Waals surface area (Å²) >= 11 is 0. The number of oxime groups is 1. The minimum Gasteiger partial charge on any atom is -0.411 e. The molecule has 0 aromatic carbocycles.